The largest absolute Gasteiger partial charge is 0.298 e. The topological polar surface area (TPSA) is 12.9 Å². The molecule has 0 radical (unpaired) electrons. The van der Waals surface area contributed by atoms with Gasteiger partial charge in [-0.3, -0.25) is 9.47 Å². The van der Waals surface area contributed by atoms with Crippen LogP contribution in [0.4, 0.5) is 5.69 Å². The lowest BCUT2D eigenvalue weighted by atomic mass is 9.99. The summed E-state index contributed by atoms with van der Waals surface area (Å²) in [6.07, 6.45) is 6.30. The van der Waals surface area contributed by atoms with Crippen LogP contribution in [0.3, 0.4) is 0 Å². The van der Waals surface area contributed by atoms with E-state index >= 15 is 0 Å². The van der Waals surface area contributed by atoms with Crippen LogP contribution >= 0.6 is 0 Å². The smallest absolute Gasteiger partial charge is 0.132 e. The van der Waals surface area contributed by atoms with Crippen molar-refractivity contribution in [3.63, 3.8) is 0 Å². The highest BCUT2D eigenvalue weighted by Gasteiger charge is 2.14. The molecule has 1 aromatic heterocycles. The van der Waals surface area contributed by atoms with Crippen LogP contribution in [0.1, 0.15) is 22.3 Å². The molecule has 0 atom stereocenters. The van der Waals surface area contributed by atoms with Crippen molar-refractivity contribution in [2.24, 2.45) is 0 Å². The van der Waals surface area contributed by atoms with E-state index in [9.17, 15) is 0 Å². The summed E-state index contributed by atoms with van der Waals surface area (Å²) in [6.45, 7) is 4.38. The molecule has 0 aliphatic carbocycles. The molecule has 0 fully saturated rings. The zero-order valence-corrected chi connectivity index (χ0v) is 15.2. The van der Waals surface area contributed by atoms with Crippen molar-refractivity contribution in [1.29, 1.82) is 0 Å². The van der Waals surface area contributed by atoms with Gasteiger partial charge in [0.2, 0.25) is 0 Å². The molecule has 0 spiro atoms. The Hall–Kier alpha value is -2.45. The highest BCUT2D eigenvalue weighted by molar-refractivity contribution is 5.90. The predicted octanol–water partition coefficient (Wildman–Crippen LogP) is 5.22. The Morgan fingerprint density at radius 2 is 1.54 bits per heavy atom. The number of hydrogen-bond acceptors (Lipinski definition) is 1. The summed E-state index contributed by atoms with van der Waals surface area (Å²) in [5.74, 6) is 0. The van der Waals surface area contributed by atoms with Crippen LogP contribution in [-0.4, -0.2) is 26.1 Å². The Kier molecular flexibility index (Phi) is 4.25. The van der Waals surface area contributed by atoms with Crippen molar-refractivity contribution in [2.75, 3.05) is 21.1 Å². The predicted molar refractivity (Wildman–Crippen MR) is 106 cm³/mol. The molecule has 1 heterocycles. The van der Waals surface area contributed by atoms with Crippen molar-refractivity contribution in [2.45, 2.75) is 13.8 Å². The van der Waals surface area contributed by atoms with Gasteiger partial charge in [-0.05, 0) is 48.2 Å². The van der Waals surface area contributed by atoms with E-state index in [4.69, 9.17) is 0 Å². The van der Waals surface area contributed by atoms with Crippen molar-refractivity contribution >= 4 is 28.7 Å². The van der Waals surface area contributed by atoms with Crippen molar-refractivity contribution in [3.8, 4) is 0 Å². The molecule has 24 heavy (non-hydrogen) atoms. The highest BCUT2D eigenvalue weighted by Crippen LogP contribution is 2.27. The molecule has 0 amide bonds. The van der Waals surface area contributed by atoms with E-state index in [-0.39, 0.29) is 0 Å². The van der Waals surface area contributed by atoms with Crippen LogP contribution in [0.2, 0.25) is 0 Å². The van der Waals surface area contributed by atoms with Crippen LogP contribution in [0.15, 0.2) is 48.7 Å². The van der Waals surface area contributed by atoms with Crippen LogP contribution in [0.25, 0.3) is 23.1 Å². The fourth-order valence-corrected chi connectivity index (χ4v) is 3.04. The Morgan fingerprint density at radius 1 is 0.875 bits per heavy atom. The number of aromatic nitrogens is 1. The first-order chi connectivity index (χ1) is 11.4. The minimum atomic E-state index is 0.834. The quantitative estimate of drug-likeness (QED) is 0.604. The zero-order chi connectivity index (χ0) is 17.3. The second-order valence-electron chi connectivity index (χ2n) is 7.26. The van der Waals surface area contributed by atoms with E-state index in [0.717, 1.165) is 10.00 Å². The molecule has 3 aromatic rings. The van der Waals surface area contributed by atoms with Gasteiger partial charge in [-0.25, -0.2) is 0 Å². The molecular formula is C22H25N2+. The second kappa shape index (κ2) is 6.21. The summed E-state index contributed by atoms with van der Waals surface area (Å²) in [5, 5.41) is 1.19. The lowest BCUT2D eigenvalue weighted by Crippen LogP contribution is -2.34. The molecule has 122 valence electrons. The van der Waals surface area contributed by atoms with Gasteiger partial charge < -0.3 is 0 Å². The molecule has 3 rings (SSSR count). The molecule has 0 unspecified atom stereocenters. The molecule has 2 heteroatoms. The van der Waals surface area contributed by atoms with Gasteiger partial charge >= 0.3 is 0 Å². The maximum Gasteiger partial charge on any atom is 0.132 e. The molecule has 0 aliphatic rings. The third-order valence-electron chi connectivity index (χ3n) is 4.47. The summed E-state index contributed by atoms with van der Waals surface area (Å²) >= 11 is 0. The van der Waals surface area contributed by atoms with Crippen LogP contribution in [-0.2, 0) is 0 Å². The number of fused-ring (bicyclic) bond motifs is 1. The number of aryl methyl sites for hydroxylation is 2. The molecular weight excluding hydrogens is 292 g/mol. The van der Waals surface area contributed by atoms with E-state index < -0.39 is 0 Å². The summed E-state index contributed by atoms with van der Waals surface area (Å²) in [5.41, 5.74) is 7.49. The van der Waals surface area contributed by atoms with E-state index in [2.05, 4.69) is 88.5 Å². The maximum absolute atomic E-state index is 4.43. The first kappa shape index (κ1) is 16.4. The van der Waals surface area contributed by atoms with E-state index in [1.165, 1.54) is 33.3 Å². The van der Waals surface area contributed by atoms with Crippen molar-refractivity contribution in [1.82, 2.24) is 9.47 Å². The van der Waals surface area contributed by atoms with E-state index in [1.807, 2.05) is 12.3 Å². The number of para-hydroxylation sites is 1. The Bertz CT molecular complexity index is 886. The molecule has 2 aromatic carbocycles. The lowest BCUT2D eigenvalue weighted by molar-refractivity contribution is 0.486. The van der Waals surface area contributed by atoms with Gasteiger partial charge in [-0.1, -0.05) is 30.4 Å². The lowest BCUT2D eigenvalue weighted by Gasteiger charge is -2.25. The number of quaternary nitrogens is 1. The number of rotatable bonds is 3. The number of nitrogens with zero attached hydrogens (tertiary/aromatic N) is 2. The minimum absolute atomic E-state index is 0.834. The standard InChI is InChI=1S/C22H25N2/c1-16-14-19(24(3,4)5)15-17(2)20(16)11-10-18-12-13-23-22-9-7-6-8-21(18)22/h6-15H,1-5H3/q+1/b11-10+. The molecule has 2 nitrogen and oxygen atoms in total. The van der Waals surface area contributed by atoms with Crippen molar-refractivity contribution < 1.29 is 0 Å². The second-order valence-corrected chi connectivity index (χ2v) is 7.26. The maximum atomic E-state index is 4.43. The van der Waals surface area contributed by atoms with Crippen LogP contribution in [0.5, 0.6) is 0 Å². The van der Waals surface area contributed by atoms with E-state index in [1.54, 1.807) is 0 Å². The molecule has 0 N–H and O–H groups in total. The minimum Gasteiger partial charge on any atom is -0.298 e. The van der Waals surface area contributed by atoms with Crippen molar-refractivity contribution in [3.05, 3.63) is 70.9 Å². The molecule has 0 aliphatic heterocycles. The number of pyridine rings is 1. The first-order valence-electron chi connectivity index (χ1n) is 8.31. The third kappa shape index (κ3) is 3.24. The number of hydrogen-bond donors (Lipinski definition) is 0. The Balaban J connectivity index is 2.03. The van der Waals surface area contributed by atoms with Gasteiger partial charge in [-0.15, -0.1) is 0 Å². The Morgan fingerprint density at radius 3 is 2.21 bits per heavy atom. The monoisotopic (exact) mass is 317 g/mol. The Labute approximate surface area is 144 Å². The molecule has 0 saturated carbocycles. The average Bonchev–Trinajstić information content (AvgIpc) is 2.53. The van der Waals surface area contributed by atoms with Gasteiger partial charge in [0.25, 0.3) is 0 Å². The fourth-order valence-electron chi connectivity index (χ4n) is 3.04. The fraction of sp³-hybridized carbons (Fsp3) is 0.227. The molecule has 0 bridgehead atoms. The van der Waals surface area contributed by atoms with Gasteiger partial charge in [0.15, 0.2) is 0 Å². The summed E-state index contributed by atoms with van der Waals surface area (Å²) in [7, 11) is 6.60. The normalized spacial score (nSPS) is 12.2. The first-order valence-corrected chi connectivity index (χ1v) is 8.31. The van der Waals surface area contributed by atoms with E-state index in [0.29, 0.717) is 0 Å². The van der Waals surface area contributed by atoms with Crippen LogP contribution in [0, 0.1) is 13.8 Å². The summed E-state index contributed by atoms with van der Waals surface area (Å²) in [6, 6.07) is 14.9. The SMILES string of the molecule is Cc1cc([N+](C)(C)C)cc(C)c1/C=C/c1ccnc2ccccc12. The zero-order valence-electron chi connectivity index (χ0n) is 15.2. The van der Waals surface area contributed by atoms with Crippen LogP contribution < -0.4 is 4.48 Å². The highest BCUT2D eigenvalue weighted by atomic mass is 15.3. The van der Waals surface area contributed by atoms with Gasteiger partial charge in [0, 0.05) is 23.7 Å². The van der Waals surface area contributed by atoms with Gasteiger partial charge in [0.05, 0.1) is 26.7 Å². The van der Waals surface area contributed by atoms with Gasteiger partial charge in [-0.2, -0.15) is 0 Å². The summed E-state index contributed by atoms with van der Waals surface area (Å²) in [4.78, 5) is 4.43. The third-order valence-corrected chi connectivity index (χ3v) is 4.47. The average molecular weight is 317 g/mol. The number of benzene rings is 2. The summed E-state index contributed by atoms with van der Waals surface area (Å²) < 4.78 is 0.834. The molecule has 0 saturated heterocycles. The van der Waals surface area contributed by atoms with Gasteiger partial charge in [0.1, 0.15) is 5.69 Å².